The Kier molecular flexibility index (Phi) is 3.27. The molecule has 2 atom stereocenters. The Bertz CT molecular complexity index is 440. The first-order valence-corrected chi connectivity index (χ1v) is 6.07. The second kappa shape index (κ2) is 4.46. The van der Waals surface area contributed by atoms with Crippen molar-refractivity contribution in [2.24, 2.45) is 5.73 Å². The molecule has 0 spiro atoms. The Balaban J connectivity index is 2.41. The fourth-order valence-corrected chi connectivity index (χ4v) is 2.57. The number of hydrogen-bond acceptors (Lipinski definition) is 2. The third-order valence-corrected chi connectivity index (χ3v) is 3.50. The molecule has 0 bridgehead atoms. The largest absolute Gasteiger partial charge is 0.416 e. The van der Waals surface area contributed by atoms with Crippen LogP contribution in [-0.2, 0) is 12.6 Å². The van der Waals surface area contributed by atoms with Crippen LogP contribution >= 0.6 is 0 Å². The van der Waals surface area contributed by atoms with E-state index in [0.717, 1.165) is 18.1 Å². The Hall–Kier alpha value is -1.23. The molecule has 0 aliphatic carbocycles. The highest BCUT2D eigenvalue weighted by molar-refractivity contribution is 5.61. The minimum atomic E-state index is -4.29. The summed E-state index contributed by atoms with van der Waals surface area (Å²) in [5.41, 5.74) is 6.94. The van der Waals surface area contributed by atoms with Crippen molar-refractivity contribution in [2.75, 3.05) is 11.4 Å². The molecule has 0 saturated heterocycles. The molecule has 1 aliphatic heterocycles. The van der Waals surface area contributed by atoms with Crippen molar-refractivity contribution in [1.29, 1.82) is 0 Å². The van der Waals surface area contributed by atoms with E-state index in [4.69, 9.17) is 5.73 Å². The van der Waals surface area contributed by atoms with Gasteiger partial charge in [-0.25, -0.2) is 0 Å². The number of nitrogens with two attached hydrogens (primary N) is 1. The third kappa shape index (κ3) is 2.19. The normalized spacial score (nSPS) is 21.0. The second-order valence-electron chi connectivity index (χ2n) is 4.76. The minimum Gasteiger partial charge on any atom is -0.367 e. The summed E-state index contributed by atoms with van der Waals surface area (Å²) >= 11 is 0. The van der Waals surface area contributed by atoms with Gasteiger partial charge in [0.25, 0.3) is 0 Å². The van der Waals surface area contributed by atoms with E-state index in [1.807, 2.05) is 18.7 Å². The van der Waals surface area contributed by atoms with E-state index in [2.05, 4.69) is 0 Å². The summed E-state index contributed by atoms with van der Waals surface area (Å²) < 4.78 is 38.1. The summed E-state index contributed by atoms with van der Waals surface area (Å²) in [4.78, 5) is 1.97. The van der Waals surface area contributed by atoms with Crippen LogP contribution in [-0.4, -0.2) is 18.6 Å². The van der Waals surface area contributed by atoms with Gasteiger partial charge in [-0.15, -0.1) is 0 Å². The summed E-state index contributed by atoms with van der Waals surface area (Å²) in [7, 11) is 0. The van der Waals surface area contributed by atoms with Crippen LogP contribution in [0.1, 0.15) is 25.0 Å². The highest BCUT2D eigenvalue weighted by Crippen LogP contribution is 2.38. The maximum atomic E-state index is 12.7. The molecule has 100 valence electrons. The van der Waals surface area contributed by atoms with E-state index in [-0.39, 0.29) is 12.1 Å². The molecule has 1 heterocycles. The standard InChI is InChI=1S/C13H17F3N2/c1-3-18-11(8(2)17)6-9-4-5-10(7-12(9)18)13(14,15)16/h4-5,7-8,11H,3,6,17H2,1-2H3. The fraction of sp³-hybridized carbons (Fsp3) is 0.538. The van der Waals surface area contributed by atoms with Crippen LogP contribution in [0.4, 0.5) is 18.9 Å². The monoisotopic (exact) mass is 258 g/mol. The second-order valence-corrected chi connectivity index (χ2v) is 4.76. The molecule has 2 rings (SSSR count). The number of halogens is 3. The number of benzene rings is 1. The Morgan fingerprint density at radius 2 is 2.11 bits per heavy atom. The van der Waals surface area contributed by atoms with E-state index < -0.39 is 11.7 Å². The molecule has 0 saturated carbocycles. The van der Waals surface area contributed by atoms with Crippen LogP contribution in [0, 0.1) is 0 Å². The lowest BCUT2D eigenvalue weighted by atomic mass is 10.0. The van der Waals surface area contributed by atoms with Crippen molar-refractivity contribution in [3.8, 4) is 0 Å². The maximum Gasteiger partial charge on any atom is 0.416 e. The van der Waals surface area contributed by atoms with E-state index >= 15 is 0 Å². The van der Waals surface area contributed by atoms with Gasteiger partial charge in [-0.3, -0.25) is 0 Å². The van der Waals surface area contributed by atoms with Crippen LogP contribution in [0.3, 0.4) is 0 Å². The summed E-state index contributed by atoms with van der Waals surface area (Å²) in [6, 6.07) is 3.99. The van der Waals surface area contributed by atoms with Gasteiger partial charge in [0.2, 0.25) is 0 Å². The van der Waals surface area contributed by atoms with E-state index in [0.29, 0.717) is 12.2 Å². The predicted octanol–water partition coefficient (Wildman–Crippen LogP) is 2.80. The van der Waals surface area contributed by atoms with Crippen LogP contribution in [0.5, 0.6) is 0 Å². The molecule has 2 N–H and O–H groups in total. The molecule has 2 unspecified atom stereocenters. The highest BCUT2D eigenvalue weighted by Gasteiger charge is 2.35. The number of nitrogens with zero attached hydrogens (tertiary/aromatic N) is 1. The summed E-state index contributed by atoms with van der Waals surface area (Å²) in [6.45, 7) is 4.50. The predicted molar refractivity (Wildman–Crippen MR) is 65.6 cm³/mol. The molecule has 0 fully saturated rings. The summed E-state index contributed by atoms with van der Waals surface area (Å²) in [6.07, 6.45) is -3.57. The van der Waals surface area contributed by atoms with Crippen LogP contribution in [0.15, 0.2) is 18.2 Å². The zero-order chi connectivity index (χ0) is 13.5. The lowest BCUT2D eigenvalue weighted by molar-refractivity contribution is -0.137. The van der Waals surface area contributed by atoms with Crippen molar-refractivity contribution in [1.82, 2.24) is 0 Å². The molecule has 1 aromatic carbocycles. The third-order valence-electron chi connectivity index (χ3n) is 3.50. The van der Waals surface area contributed by atoms with Crippen molar-refractivity contribution in [2.45, 2.75) is 38.5 Å². The molecule has 0 aromatic heterocycles. The quantitative estimate of drug-likeness (QED) is 0.883. The summed E-state index contributed by atoms with van der Waals surface area (Å²) in [5, 5.41) is 0. The van der Waals surface area contributed by atoms with Gasteiger partial charge < -0.3 is 10.6 Å². The van der Waals surface area contributed by atoms with Gasteiger partial charge >= 0.3 is 6.18 Å². The number of likely N-dealkylation sites (N-methyl/N-ethyl adjacent to an activating group) is 1. The molecular formula is C13H17F3N2. The summed E-state index contributed by atoms with van der Waals surface area (Å²) in [5.74, 6) is 0. The topological polar surface area (TPSA) is 29.3 Å². The van der Waals surface area contributed by atoms with Gasteiger partial charge in [-0.1, -0.05) is 6.07 Å². The van der Waals surface area contributed by atoms with Gasteiger partial charge in [-0.05, 0) is 38.0 Å². The number of alkyl halides is 3. The zero-order valence-corrected chi connectivity index (χ0v) is 10.5. The molecule has 1 aromatic rings. The van der Waals surface area contributed by atoms with Crippen molar-refractivity contribution >= 4 is 5.69 Å². The first-order chi connectivity index (χ1) is 8.34. The fourth-order valence-electron chi connectivity index (χ4n) is 2.57. The smallest absolute Gasteiger partial charge is 0.367 e. The number of fused-ring (bicyclic) bond motifs is 1. The van der Waals surface area contributed by atoms with Crippen LogP contribution in [0.2, 0.25) is 0 Å². The van der Waals surface area contributed by atoms with Crippen molar-refractivity contribution in [3.63, 3.8) is 0 Å². The number of hydrogen-bond donors (Lipinski definition) is 1. The number of anilines is 1. The zero-order valence-electron chi connectivity index (χ0n) is 10.5. The van der Waals surface area contributed by atoms with E-state index in [1.54, 1.807) is 6.07 Å². The van der Waals surface area contributed by atoms with E-state index in [9.17, 15) is 13.2 Å². The van der Waals surface area contributed by atoms with Crippen LogP contribution in [0.25, 0.3) is 0 Å². The minimum absolute atomic E-state index is 0.0633. The van der Waals surface area contributed by atoms with Gasteiger partial charge in [0.1, 0.15) is 0 Å². The highest BCUT2D eigenvalue weighted by atomic mass is 19.4. The average molecular weight is 258 g/mol. The van der Waals surface area contributed by atoms with Crippen LogP contribution < -0.4 is 10.6 Å². The molecule has 0 radical (unpaired) electrons. The molecular weight excluding hydrogens is 241 g/mol. The van der Waals surface area contributed by atoms with Crippen molar-refractivity contribution in [3.05, 3.63) is 29.3 Å². The number of rotatable bonds is 2. The first-order valence-electron chi connectivity index (χ1n) is 6.07. The first kappa shape index (κ1) is 13.2. The van der Waals surface area contributed by atoms with Gasteiger partial charge in [0.15, 0.2) is 0 Å². The van der Waals surface area contributed by atoms with Gasteiger partial charge in [-0.2, -0.15) is 13.2 Å². The molecule has 0 amide bonds. The van der Waals surface area contributed by atoms with Crippen molar-refractivity contribution < 1.29 is 13.2 Å². The molecule has 18 heavy (non-hydrogen) atoms. The lowest BCUT2D eigenvalue weighted by Gasteiger charge is -2.29. The Labute approximate surface area is 105 Å². The molecule has 5 heteroatoms. The average Bonchev–Trinajstić information content (AvgIpc) is 2.65. The van der Waals surface area contributed by atoms with Gasteiger partial charge in [0.05, 0.1) is 5.56 Å². The maximum absolute atomic E-state index is 12.7. The van der Waals surface area contributed by atoms with Gasteiger partial charge in [0, 0.05) is 24.3 Å². The Morgan fingerprint density at radius 1 is 1.44 bits per heavy atom. The SMILES string of the molecule is CCN1c2cc(C(F)(F)F)ccc2CC1C(C)N. The molecule has 2 nitrogen and oxygen atoms in total. The lowest BCUT2D eigenvalue weighted by Crippen LogP contribution is -2.44. The molecule has 1 aliphatic rings. The van der Waals surface area contributed by atoms with E-state index in [1.165, 1.54) is 6.07 Å². The Morgan fingerprint density at radius 3 is 2.61 bits per heavy atom.